The van der Waals surface area contributed by atoms with Gasteiger partial charge in [-0.05, 0) is 18.2 Å². The van der Waals surface area contributed by atoms with E-state index < -0.39 is 0 Å². The van der Waals surface area contributed by atoms with E-state index in [1.165, 1.54) is 6.07 Å². The highest BCUT2D eigenvalue weighted by Gasteiger charge is 2.05. The summed E-state index contributed by atoms with van der Waals surface area (Å²) >= 11 is 3.34. The van der Waals surface area contributed by atoms with Crippen LogP contribution in [0.15, 0.2) is 34.0 Å². The zero-order valence-electron chi connectivity index (χ0n) is 13.2. The lowest BCUT2D eigenvalue weighted by Crippen LogP contribution is -2.38. The summed E-state index contributed by atoms with van der Waals surface area (Å²) in [6.45, 7) is 3.81. The number of aliphatic imine (C=N–C) groups is 1. The molecule has 2 N–H and O–H groups in total. The lowest BCUT2D eigenvalue weighted by Gasteiger charge is -2.13. The average molecular weight is 383 g/mol. The van der Waals surface area contributed by atoms with Crippen LogP contribution in [0.25, 0.3) is 0 Å². The molecule has 1 heterocycles. The van der Waals surface area contributed by atoms with Crippen LogP contribution < -0.4 is 10.6 Å². The zero-order valence-corrected chi connectivity index (χ0v) is 14.8. The molecule has 0 amide bonds. The molecule has 0 aliphatic carbocycles. The Morgan fingerprint density at radius 2 is 2.22 bits per heavy atom. The maximum absolute atomic E-state index is 13.7. The van der Waals surface area contributed by atoms with Gasteiger partial charge in [-0.15, -0.1) is 10.2 Å². The Balaban J connectivity index is 1.83. The van der Waals surface area contributed by atoms with E-state index in [9.17, 15) is 4.39 Å². The van der Waals surface area contributed by atoms with Gasteiger partial charge >= 0.3 is 0 Å². The predicted octanol–water partition coefficient (Wildman–Crippen LogP) is 2.11. The van der Waals surface area contributed by atoms with Gasteiger partial charge in [0.1, 0.15) is 18.0 Å². The Hall–Kier alpha value is -1.96. The van der Waals surface area contributed by atoms with E-state index in [0.717, 1.165) is 23.3 Å². The second kappa shape index (κ2) is 8.61. The van der Waals surface area contributed by atoms with Gasteiger partial charge in [-0.25, -0.2) is 4.39 Å². The molecule has 0 radical (unpaired) electrons. The molecule has 2 rings (SSSR count). The first-order chi connectivity index (χ1) is 11.1. The molecule has 0 unspecified atom stereocenters. The molecule has 1 aromatic heterocycles. The Morgan fingerprint density at radius 1 is 1.39 bits per heavy atom. The van der Waals surface area contributed by atoms with E-state index >= 15 is 0 Å². The quantitative estimate of drug-likeness (QED) is 0.592. The van der Waals surface area contributed by atoms with Crippen LogP contribution in [0.2, 0.25) is 0 Å². The Labute approximate surface area is 143 Å². The second-order valence-electron chi connectivity index (χ2n) is 4.88. The van der Waals surface area contributed by atoms with Gasteiger partial charge in [-0.3, -0.25) is 4.99 Å². The number of benzene rings is 1. The molecule has 1 aromatic carbocycles. The molecule has 23 heavy (non-hydrogen) atoms. The topological polar surface area (TPSA) is 67.1 Å². The van der Waals surface area contributed by atoms with Crippen LogP contribution >= 0.6 is 15.9 Å². The monoisotopic (exact) mass is 382 g/mol. The van der Waals surface area contributed by atoms with Crippen LogP contribution in [0.5, 0.6) is 0 Å². The maximum Gasteiger partial charge on any atom is 0.191 e. The fraction of sp³-hybridized carbons (Fsp3) is 0.400. The van der Waals surface area contributed by atoms with E-state index in [1.807, 2.05) is 11.5 Å². The lowest BCUT2D eigenvalue weighted by molar-refractivity contribution is 0.601. The molecule has 6 nitrogen and oxygen atoms in total. The molecule has 0 saturated carbocycles. The van der Waals surface area contributed by atoms with Gasteiger partial charge in [0.15, 0.2) is 5.96 Å². The summed E-state index contributed by atoms with van der Waals surface area (Å²) in [5, 5.41) is 14.2. The molecular weight excluding hydrogens is 363 g/mol. The average Bonchev–Trinajstić information content (AvgIpc) is 3.01. The summed E-state index contributed by atoms with van der Waals surface area (Å²) in [4.78, 5) is 4.14. The lowest BCUT2D eigenvalue weighted by atomic mass is 10.2. The highest BCUT2D eigenvalue weighted by molar-refractivity contribution is 9.10. The molecule has 0 fully saturated rings. The zero-order chi connectivity index (χ0) is 16.7. The van der Waals surface area contributed by atoms with E-state index in [0.29, 0.717) is 24.6 Å². The first kappa shape index (κ1) is 17.4. The maximum atomic E-state index is 13.7. The Kier molecular flexibility index (Phi) is 6.52. The third-order valence-electron chi connectivity index (χ3n) is 3.33. The molecule has 124 valence electrons. The van der Waals surface area contributed by atoms with Crippen LogP contribution in [0, 0.1) is 5.82 Å². The van der Waals surface area contributed by atoms with Crippen molar-refractivity contribution in [1.29, 1.82) is 0 Å². The van der Waals surface area contributed by atoms with Crippen molar-refractivity contribution in [2.75, 3.05) is 13.6 Å². The SMILES string of the molecule is CCc1nncn1CCNC(=NC)NCc1cc(Br)ccc1F. The van der Waals surface area contributed by atoms with Crippen LogP contribution in [-0.4, -0.2) is 34.3 Å². The van der Waals surface area contributed by atoms with Crippen LogP contribution in [0.1, 0.15) is 18.3 Å². The summed E-state index contributed by atoms with van der Waals surface area (Å²) in [6.07, 6.45) is 2.56. The minimum Gasteiger partial charge on any atom is -0.355 e. The van der Waals surface area contributed by atoms with E-state index in [1.54, 1.807) is 25.5 Å². The van der Waals surface area contributed by atoms with Crippen molar-refractivity contribution in [3.05, 3.63) is 46.2 Å². The third-order valence-corrected chi connectivity index (χ3v) is 3.83. The van der Waals surface area contributed by atoms with Gasteiger partial charge in [0, 0.05) is 43.1 Å². The normalized spacial score (nSPS) is 11.6. The summed E-state index contributed by atoms with van der Waals surface area (Å²) in [5.41, 5.74) is 0.578. The van der Waals surface area contributed by atoms with Crippen molar-refractivity contribution < 1.29 is 4.39 Å². The minimum absolute atomic E-state index is 0.242. The van der Waals surface area contributed by atoms with Crippen LogP contribution in [0.4, 0.5) is 4.39 Å². The molecule has 0 aliphatic rings. The number of halogens is 2. The molecule has 0 spiro atoms. The van der Waals surface area contributed by atoms with Crippen molar-refractivity contribution in [3.63, 3.8) is 0 Å². The molecule has 0 saturated heterocycles. The van der Waals surface area contributed by atoms with E-state index in [-0.39, 0.29) is 5.82 Å². The van der Waals surface area contributed by atoms with Gasteiger partial charge in [0.25, 0.3) is 0 Å². The van der Waals surface area contributed by atoms with Crippen molar-refractivity contribution in [2.45, 2.75) is 26.4 Å². The number of nitrogens with one attached hydrogen (secondary N) is 2. The van der Waals surface area contributed by atoms with Crippen molar-refractivity contribution in [3.8, 4) is 0 Å². The van der Waals surface area contributed by atoms with Crippen LogP contribution in [0.3, 0.4) is 0 Å². The summed E-state index contributed by atoms with van der Waals surface area (Å²) < 4.78 is 16.5. The van der Waals surface area contributed by atoms with Gasteiger partial charge in [-0.1, -0.05) is 22.9 Å². The molecule has 0 bridgehead atoms. The van der Waals surface area contributed by atoms with Gasteiger partial charge in [0.05, 0.1) is 0 Å². The van der Waals surface area contributed by atoms with Crippen LogP contribution in [-0.2, 0) is 19.5 Å². The summed E-state index contributed by atoms with van der Waals surface area (Å²) in [5.74, 6) is 1.33. The highest BCUT2D eigenvalue weighted by Crippen LogP contribution is 2.15. The number of rotatable bonds is 6. The second-order valence-corrected chi connectivity index (χ2v) is 5.80. The van der Waals surface area contributed by atoms with E-state index in [4.69, 9.17) is 0 Å². The van der Waals surface area contributed by atoms with Crippen molar-refractivity contribution >= 4 is 21.9 Å². The smallest absolute Gasteiger partial charge is 0.191 e. The largest absolute Gasteiger partial charge is 0.355 e. The highest BCUT2D eigenvalue weighted by atomic mass is 79.9. The van der Waals surface area contributed by atoms with Gasteiger partial charge in [0.2, 0.25) is 0 Å². The molecular formula is C15H20BrFN6. The number of aryl methyl sites for hydroxylation is 1. The molecule has 8 heteroatoms. The number of nitrogens with zero attached hydrogens (tertiary/aromatic N) is 4. The summed E-state index contributed by atoms with van der Waals surface area (Å²) in [7, 11) is 1.68. The van der Waals surface area contributed by atoms with Gasteiger partial charge in [-0.2, -0.15) is 0 Å². The predicted molar refractivity (Wildman–Crippen MR) is 91.7 cm³/mol. The number of aromatic nitrogens is 3. The third kappa shape index (κ3) is 5.02. The Bertz CT molecular complexity index is 670. The van der Waals surface area contributed by atoms with Crippen molar-refractivity contribution in [2.24, 2.45) is 4.99 Å². The molecule has 2 aromatic rings. The van der Waals surface area contributed by atoms with Gasteiger partial charge < -0.3 is 15.2 Å². The van der Waals surface area contributed by atoms with E-state index in [2.05, 4.69) is 41.8 Å². The molecule has 0 aliphatic heterocycles. The minimum atomic E-state index is -0.242. The fourth-order valence-electron chi connectivity index (χ4n) is 2.11. The standard InChI is InChI=1S/C15H20BrFN6/c1-3-14-22-21-10-23(14)7-6-19-15(18-2)20-9-11-8-12(16)4-5-13(11)17/h4-5,8,10H,3,6-7,9H2,1-2H3,(H2,18,19,20). The molecule has 0 atom stereocenters. The van der Waals surface area contributed by atoms with Crippen molar-refractivity contribution in [1.82, 2.24) is 25.4 Å². The number of hydrogen-bond donors (Lipinski definition) is 2. The fourth-order valence-corrected chi connectivity index (χ4v) is 2.52. The number of guanidine groups is 1. The summed E-state index contributed by atoms with van der Waals surface area (Å²) in [6, 6.07) is 4.87. The Morgan fingerprint density at radius 3 is 2.96 bits per heavy atom. The first-order valence-corrected chi connectivity index (χ1v) is 8.18. The first-order valence-electron chi connectivity index (χ1n) is 7.39. The number of hydrogen-bond acceptors (Lipinski definition) is 3.